The third kappa shape index (κ3) is 3.79. The van der Waals surface area contributed by atoms with Crippen molar-refractivity contribution < 1.29 is 9.53 Å². The number of aryl methyl sites for hydroxylation is 1. The Balaban J connectivity index is 2.50. The Morgan fingerprint density at radius 1 is 1.60 bits per heavy atom. The molecule has 0 amide bonds. The number of hydrogen-bond acceptors (Lipinski definition) is 4. The first-order chi connectivity index (χ1) is 6.93. The van der Waals surface area contributed by atoms with Gasteiger partial charge in [-0.25, -0.2) is 0 Å². The second-order valence-electron chi connectivity index (χ2n) is 4.24. The zero-order chi connectivity index (χ0) is 11.5. The molecule has 0 aliphatic carbocycles. The summed E-state index contributed by atoms with van der Waals surface area (Å²) in [5.41, 5.74) is 0.300. The highest BCUT2D eigenvalue weighted by molar-refractivity contribution is 5.81. The van der Waals surface area contributed by atoms with Crippen molar-refractivity contribution in [2.24, 2.45) is 7.05 Å². The van der Waals surface area contributed by atoms with Crippen LogP contribution in [0.5, 0.6) is 0 Å². The number of nitrogens with zero attached hydrogens (tertiary/aromatic N) is 3. The molecule has 0 fully saturated rings. The fourth-order valence-electron chi connectivity index (χ4n) is 1.29. The van der Waals surface area contributed by atoms with Crippen LogP contribution in [0.2, 0.25) is 0 Å². The zero-order valence-electron chi connectivity index (χ0n) is 9.65. The van der Waals surface area contributed by atoms with Crippen LogP contribution < -0.4 is 0 Å². The van der Waals surface area contributed by atoms with Crippen LogP contribution in [0.4, 0.5) is 0 Å². The minimum absolute atomic E-state index is 0.113. The van der Waals surface area contributed by atoms with E-state index in [0.29, 0.717) is 18.5 Å². The van der Waals surface area contributed by atoms with Gasteiger partial charge in [-0.1, -0.05) is 5.21 Å². The van der Waals surface area contributed by atoms with E-state index in [-0.39, 0.29) is 5.78 Å². The second-order valence-corrected chi connectivity index (χ2v) is 4.24. The Labute approximate surface area is 89.4 Å². The lowest BCUT2D eigenvalue weighted by Gasteiger charge is -2.21. The van der Waals surface area contributed by atoms with Crippen LogP contribution in [-0.4, -0.2) is 33.5 Å². The van der Waals surface area contributed by atoms with E-state index < -0.39 is 5.60 Å². The minimum Gasteiger partial charge on any atom is -0.378 e. The lowest BCUT2D eigenvalue weighted by molar-refractivity contribution is -0.123. The summed E-state index contributed by atoms with van der Waals surface area (Å²) >= 11 is 0. The lowest BCUT2D eigenvalue weighted by atomic mass is 9.99. The van der Waals surface area contributed by atoms with Gasteiger partial charge in [0.2, 0.25) is 0 Å². The van der Waals surface area contributed by atoms with Crippen LogP contribution in [0.1, 0.15) is 26.0 Å². The van der Waals surface area contributed by atoms with Crippen LogP contribution in [0.25, 0.3) is 0 Å². The van der Waals surface area contributed by atoms with E-state index in [2.05, 4.69) is 10.3 Å². The number of carbonyl (C=O) groups is 1. The van der Waals surface area contributed by atoms with E-state index in [4.69, 9.17) is 4.74 Å². The third-order valence-corrected chi connectivity index (χ3v) is 2.20. The molecule has 0 N–H and O–H groups in total. The largest absolute Gasteiger partial charge is 0.378 e. The van der Waals surface area contributed by atoms with Gasteiger partial charge in [0.05, 0.1) is 17.7 Å². The molecule has 5 nitrogen and oxygen atoms in total. The molecule has 0 aromatic carbocycles. The van der Waals surface area contributed by atoms with E-state index in [9.17, 15) is 4.79 Å². The summed E-state index contributed by atoms with van der Waals surface area (Å²) in [6.45, 7) is 3.78. The molecule has 1 heterocycles. The van der Waals surface area contributed by atoms with Crippen LogP contribution in [0.15, 0.2) is 6.20 Å². The first-order valence-corrected chi connectivity index (χ1v) is 4.85. The van der Waals surface area contributed by atoms with Crippen molar-refractivity contribution in [2.75, 3.05) is 7.11 Å². The molecule has 0 bridgehead atoms. The molecule has 0 saturated heterocycles. The quantitative estimate of drug-likeness (QED) is 0.721. The van der Waals surface area contributed by atoms with Gasteiger partial charge in [0.15, 0.2) is 0 Å². The minimum atomic E-state index is -0.403. The highest BCUT2D eigenvalue weighted by Crippen LogP contribution is 2.14. The van der Waals surface area contributed by atoms with E-state index in [0.717, 1.165) is 0 Å². The number of ketones is 1. The van der Waals surface area contributed by atoms with Gasteiger partial charge in [-0.15, -0.1) is 5.10 Å². The van der Waals surface area contributed by atoms with Gasteiger partial charge in [0.1, 0.15) is 5.78 Å². The van der Waals surface area contributed by atoms with Crippen molar-refractivity contribution in [1.82, 2.24) is 15.0 Å². The fourth-order valence-corrected chi connectivity index (χ4v) is 1.29. The summed E-state index contributed by atoms with van der Waals surface area (Å²) in [6.07, 6.45) is 2.46. The van der Waals surface area contributed by atoms with E-state index in [1.807, 2.05) is 13.8 Å². The number of carbonyl (C=O) groups excluding carboxylic acids is 1. The van der Waals surface area contributed by atoms with Crippen molar-refractivity contribution in [3.63, 3.8) is 0 Å². The molecule has 1 aromatic rings. The van der Waals surface area contributed by atoms with Crippen molar-refractivity contribution in [1.29, 1.82) is 0 Å². The Bertz CT molecular complexity index is 344. The molecular weight excluding hydrogens is 194 g/mol. The summed E-state index contributed by atoms with van der Waals surface area (Å²) in [6, 6.07) is 0. The fraction of sp³-hybridized carbons (Fsp3) is 0.700. The normalized spacial score (nSPS) is 11.7. The van der Waals surface area contributed by atoms with Crippen molar-refractivity contribution in [3.05, 3.63) is 11.9 Å². The smallest absolute Gasteiger partial charge is 0.141 e. The van der Waals surface area contributed by atoms with Gasteiger partial charge in [0, 0.05) is 26.8 Å². The Kier molecular flexibility index (Phi) is 3.57. The van der Waals surface area contributed by atoms with Crippen LogP contribution >= 0.6 is 0 Å². The predicted octanol–water partition coefficient (Wildman–Crippen LogP) is 0.742. The van der Waals surface area contributed by atoms with Gasteiger partial charge in [-0.2, -0.15) is 0 Å². The highest BCUT2D eigenvalue weighted by atomic mass is 16.5. The van der Waals surface area contributed by atoms with Gasteiger partial charge < -0.3 is 4.74 Å². The maximum Gasteiger partial charge on any atom is 0.141 e. The second kappa shape index (κ2) is 4.53. The molecule has 0 spiro atoms. The Morgan fingerprint density at radius 3 is 2.73 bits per heavy atom. The number of hydrogen-bond donors (Lipinski definition) is 0. The molecule has 0 unspecified atom stereocenters. The highest BCUT2D eigenvalue weighted by Gasteiger charge is 2.21. The number of ether oxygens (including phenoxy) is 1. The number of rotatable bonds is 5. The van der Waals surface area contributed by atoms with Gasteiger partial charge in [-0.05, 0) is 13.8 Å². The topological polar surface area (TPSA) is 57.0 Å². The molecule has 1 aromatic heterocycles. The van der Waals surface area contributed by atoms with Crippen molar-refractivity contribution in [3.8, 4) is 0 Å². The Morgan fingerprint density at radius 2 is 2.27 bits per heavy atom. The molecule has 15 heavy (non-hydrogen) atoms. The number of Topliss-reactive ketones (excluding diaryl/α,β-unsaturated/α-hetero) is 1. The van der Waals surface area contributed by atoms with E-state index in [1.54, 1.807) is 25.0 Å². The summed E-state index contributed by atoms with van der Waals surface area (Å²) in [4.78, 5) is 11.6. The lowest BCUT2D eigenvalue weighted by Crippen LogP contribution is -2.27. The summed E-state index contributed by atoms with van der Waals surface area (Å²) in [5.74, 6) is 0.113. The van der Waals surface area contributed by atoms with Crippen molar-refractivity contribution >= 4 is 5.78 Å². The average Bonchev–Trinajstić information content (AvgIpc) is 2.50. The molecule has 0 aliphatic rings. The zero-order valence-corrected chi connectivity index (χ0v) is 9.65. The first-order valence-electron chi connectivity index (χ1n) is 4.85. The maximum atomic E-state index is 11.6. The molecule has 0 radical (unpaired) electrons. The molecule has 5 heteroatoms. The van der Waals surface area contributed by atoms with Gasteiger partial charge >= 0.3 is 0 Å². The summed E-state index contributed by atoms with van der Waals surface area (Å²) < 4.78 is 6.78. The summed E-state index contributed by atoms with van der Waals surface area (Å²) in [7, 11) is 3.38. The van der Waals surface area contributed by atoms with E-state index in [1.165, 1.54) is 0 Å². The van der Waals surface area contributed by atoms with Crippen LogP contribution in [0, 0.1) is 0 Å². The van der Waals surface area contributed by atoms with Crippen LogP contribution in [-0.2, 0) is 23.0 Å². The molecule has 84 valence electrons. The SMILES string of the molecule is COC(C)(C)CC(=O)Cc1cn(C)nn1. The standard InChI is InChI=1S/C10H17N3O2/c1-10(2,15-4)6-9(14)5-8-7-13(3)12-11-8/h7H,5-6H2,1-4H3. The Hall–Kier alpha value is -1.23. The van der Waals surface area contributed by atoms with E-state index >= 15 is 0 Å². The number of aromatic nitrogens is 3. The molecule has 1 rings (SSSR count). The first kappa shape index (κ1) is 11.8. The monoisotopic (exact) mass is 211 g/mol. The molecule has 0 atom stereocenters. The van der Waals surface area contributed by atoms with Crippen molar-refractivity contribution in [2.45, 2.75) is 32.3 Å². The average molecular weight is 211 g/mol. The van der Waals surface area contributed by atoms with Gasteiger partial charge in [0.25, 0.3) is 0 Å². The van der Waals surface area contributed by atoms with Crippen LogP contribution in [0.3, 0.4) is 0 Å². The number of methoxy groups -OCH3 is 1. The molecule has 0 saturated carbocycles. The third-order valence-electron chi connectivity index (χ3n) is 2.20. The predicted molar refractivity (Wildman–Crippen MR) is 55.4 cm³/mol. The molecule has 0 aliphatic heterocycles. The summed E-state index contributed by atoms with van der Waals surface area (Å²) in [5, 5.41) is 7.63. The maximum absolute atomic E-state index is 11.6. The van der Waals surface area contributed by atoms with Gasteiger partial charge in [-0.3, -0.25) is 9.48 Å². The molecular formula is C10H17N3O2.